The van der Waals surface area contributed by atoms with E-state index in [1.54, 1.807) is 6.07 Å². The van der Waals surface area contributed by atoms with Gasteiger partial charge < -0.3 is 15.0 Å². The Kier molecular flexibility index (Phi) is 6.46. The van der Waals surface area contributed by atoms with E-state index in [9.17, 15) is 4.79 Å². The molecule has 1 saturated heterocycles. The first-order valence-electron chi connectivity index (χ1n) is 9.15. The molecule has 25 heavy (non-hydrogen) atoms. The fourth-order valence-electron chi connectivity index (χ4n) is 3.12. The van der Waals surface area contributed by atoms with Crippen LogP contribution in [-0.4, -0.2) is 37.0 Å². The van der Waals surface area contributed by atoms with Crippen molar-refractivity contribution in [2.75, 3.05) is 26.2 Å². The van der Waals surface area contributed by atoms with E-state index in [1.165, 1.54) is 32.4 Å². The Morgan fingerprint density at radius 2 is 1.72 bits per heavy atom. The normalized spacial score (nSPS) is 14.9. The summed E-state index contributed by atoms with van der Waals surface area (Å²) in [5, 5.41) is 3.01. The topological polar surface area (TPSA) is 41.6 Å². The third-order valence-electron chi connectivity index (χ3n) is 4.46. The number of likely N-dealkylation sites (tertiary alicyclic amines) is 1. The van der Waals surface area contributed by atoms with Gasteiger partial charge in [0.05, 0.1) is 0 Å². The molecule has 0 saturated carbocycles. The lowest BCUT2D eigenvalue weighted by molar-refractivity contribution is 0.0951. The Bertz CT molecular complexity index is 667. The summed E-state index contributed by atoms with van der Waals surface area (Å²) in [5.41, 5.74) is 0.631. The average molecular weight is 338 g/mol. The lowest BCUT2D eigenvalue weighted by Gasteiger charge is -2.26. The van der Waals surface area contributed by atoms with Gasteiger partial charge in [0.2, 0.25) is 0 Å². The van der Waals surface area contributed by atoms with Crippen molar-refractivity contribution >= 4 is 5.91 Å². The highest BCUT2D eigenvalue weighted by Crippen LogP contribution is 2.21. The molecule has 0 atom stereocenters. The SMILES string of the molecule is O=C(NCCCN1CCCCC1)c1cccc(Oc2ccccc2)c1. The number of benzene rings is 2. The zero-order valence-electron chi connectivity index (χ0n) is 14.6. The molecule has 1 aliphatic rings. The molecule has 0 radical (unpaired) electrons. The van der Waals surface area contributed by atoms with E-state index < -0.39 is 0 Å². The predicted molar refractivity (Wildman–Crippen MR) is 100 cm³/mol. The molecule has 0 aliphatic carbocycles. The van der Waals surface area contributed by atoms with Crippen molar-refractivity contribution in [2.24, 2.45) is 0 Å². The van der Waals surface area contributed by atoms with E-state index in [0.29, 0.717) is 17.9 Å². The molecule has 1 amide bonds. The van der Waals surface area contributed by atoms with Gasteiger partial charge in [0.25, 0.3) is 5.91 Å². The largest absolute Gasteiger partial charge is 0.457 e. The van der Waals surface area contributed by atoms with Gasteiger partial charge in [-0.05, 0) is 69.2 Å². The van der Waals surface area contributed by atoms with Crippen LogP contribution in [0.3, 0.4) is 0 Å². The molecule has 0 bridgehead atoms. The van der Waals surface area contributed by atoms with Gasteiger partial charge in [-0.2, -0.15) is 0 Å². The predicted octanol–water partition coefficient (Wildman–Crippen LogP) is 4.08. The first kappa shape index (κ1) is 17.5. The second-order valence-corrected chi connectivity index (χ2v) is 6.45. The van der Waals surface area contributed by atoms with Crippen LogP contribution in [0.25, 0.3) is 0 Å². The fraction of sp³-hybridized carbons (Fsp3) is 0.381. The van der Waals surface area contributed by atoms with Crippen LogP contribution >= 0.6 is 0 Å². The van der Waals surface area contributed by atoms with E-state index in [2.05, 4.69) is 10.2 Å². The van der Waals surface area contributed by atoms with Crippen molar-refractivity contribution in [3.8, 4) is 11.5 Å². The summed E-state index contributed by atoms with van der Waals surface area (Å²) in [6.45, 7) is 4.18. The molecule has 0 unspecified atom stereocenters. The van der Waals surface area contributed by atoms with Gasteiger partial charge in [0.15, 0.2) is 0 Å². The minimum Gasteiger partial charge on any atom is -0.457 e. The first-order valence-corrected chi connectivity index (χ1v) is 9.15. The Morgan fingerprint density at radius 1 is 0.960 bits per heavy atom. The number of nitrogens with zero attached hydrogens (tertiary/aromatic N) is 1. The van der Waals surface area contributed by atoms with Crippen LogP contribution in [0, 0.1) is 0 Å². The highest BCUT2D eigenvalue weighted by molar-refractivity contribution is 5.94. The summed E-state index contributed by atoms with van der Waals surface area (Å²) < 4.78 is 5.79. The maximum absolute atomic E-state index is 12.3. The van der Waals surface area contributed by atoms with Crippen molar-refractivity contribution in [2.45, 2.75) is 25.7 Å². The Hall–Kier alpha value is -2.33. The Morgan fingerprint density at radius 3 is 2.52 bits per heavy atom. The summed E-state index contributed by atoms with van der Waals surface area (Å²) in [6.07, 6.45) is 4.96. The van der Waals surface area contributed by atoms with E-state index in [0.717, 1.165) is 18.7 Å². The summed E-state index contributed by atoms with van der Waals surface area (Å²) in [5.74, 6) is 1.39. The van der Waals surface area contributed by atoms with E-state index in [1.807, 2.05) is 48.5 Å². The summed E-state index contributed by atoms with van der Waals surface area (Å²) in [4.78, 5) is 14.8. The van der Waals surface area contributed by atoms with E-state index >= 15 is 0 Å². The molecule has 0 spiro atoms. The molecule has 2 aromatic rings. The van der Waals surface area contributed by atoms with Crippen molar-refractivity contribution < 1.29 is 9.53 Å². The molecule has 1 heterocycles. The van der Waals surface area contributed by atoms with Crippen LogP contribution in [0.5, 0.6) is 11.5 Å². The number of amides is 1. The second kappa shape index (κ2) is 9.23. The number of nitrogens with one attached hydrogen (secondary N) is 1. The zero-order chi connectivity index (χ0) is 17.3. The first-order chi connectivity index (χ1) is 12.3. The van der Waals surface area contributed by atoms with Crippen molar-refractivity contribution in [3.05, 3.63) is 60.2 Å². The molecule has 1 N–H and O–H groups in total. The number of hydrogen-bond acceptors (Lipinski definition) is 3. The molecule has 2 aromatic carbocycles. The highest BCUT2D eigenvalue weighted by atomic mass is 16.5. The van der Waals surface area contributed by atoms with Crippen molar-refractivity contribution in [3.63, 3.8) is 0 Å². The third-order valence-corrected chi connectivity index (χ3v) is 4.46. The van der Waals surface area contributed by atoms with E-state index in [4.69, 9.17) is 4.74 Å². The number of para-hydroxylation sites is 1. The van der Waals surface area contributed by atoms with Gasteiger partial charge >= 0.3 is 0 Å². The van der Waals surface area contributed by atoms with Crippen LogP contribution < -0.4 is 10.1 Å². The number of carbonyl (C=O) groups excluding carboxylic acids is 1. The van der Waals surface area contributed by atoms with Crippen LogP contribution in [0.1, 0.15) is 36.0 Å². The summed E-state index contributed by atoms with van der Waals surface area (Å²) >= 11 is 0. The van der Waals surface area contributed by atoms with Crippen LogP contribution in [0.15, 0.2) is 54.6 Å². The van der Waals surface area contributed by atoms with Gasteiger partial charge in [-0.1, -0.05) is 30.7 Å². The average Bonchev–Trinajstić information content (AvgIpc) is 2.67. The number of piperidine rings is 1. The zero-order valence-corrected chi connectivity index (χ0v) is 14.6. The van der Waals surface area contributed by atoms with Gasteiger partial charge in [0, 0.05) is 12.1 Å². The lowest BCUT2D eigenvalue weighted by Crippen LogP contribution is -2.33. The molecule has 4 nitrogen and oxygen atoms in total. The standard InChI is InChI=1S/C21H26N2O2/c24-21(22-13-8-16-23-14-5-2-6-15-23)18-9-7-12-20(17-18)25-19-10-3-1-4-11-19/h1,3-4,7,9-12,17H,2,5-6,8,13-16H2,(H,22,24). The van der Waals surface area contributed by atoms with Crippen molar-refractivity contribution in [1.29, 1.82) is 0 Å². The smallest absolute Gasteiger partial charge is 0.251 e. The monoisotopic (exact) mass is 338 g/mol. The molecule has 1 aliphatic heterocycles. The Balaban J connectivity index is 1.46. The lowest BCUT2D eigenvalue weighted by atomic mass is 10.1. The molecular formula is C21H26N2O2. The van der Waals surface area contributed by atoms with Crippen LogP contribution in [-0.2, 0) is 0 Å². The quantitative estimate of drug-likeness (QED) is 0.773. The molecule has 4 heteroatoms. The molecular weight excluding hydrogens is 312 g/mol. The maximum atomic E-state index is 12.3. The minimum atomic E-state index is -0.0443. The third kappa shape index (κ3) is 5.61. The number of ether oxygens (including phenoxy) is 1. The second-order valence-electron chi connectivity index (χ2n) is 6.45. The van der Waals surface area contributed by atoms with Gasteiger partial charge in [-0.3, -0.25) is 4.79 Å². The summed E-state index contributed by atoms with van der Waals surface area (Å²) in [7, 11) is 0. The van der Waals surface area contributed by atoms with Crippen molar-refractivity contribution in [1.82, 2.24) is 10.2 Å². The highest BCUT2D eigenvalue weighted by Gasteiger charge is 2.10. The number of carbonyl (C=O) groups is 1. The van der Waals surface area contributed by atoms with Crippen LogP contribution in [0.4, 0.5) is 0 Å². The molecule has 3 rings (SSSR count). The Labute approximate surface area is 149 Å². The van der Waals surface area contributed by atoms with Gasteiger partial charge in [0.1, 0.15) is 11.5 Å². The molecule has 1 fully saturated rings. The van der Waals surface area contributed by atoms with Gasteiger partial charge in [-0.25, -0.2) is 0 Å². The fourth-order valence-corrected chi connectivity index (χ4v) is 3.12. The van der Waals surface area contributed by atoms with E-state index in [-0.39, 0.29) is 5.91 Å². The van der Waals surface area contributed by atoms with Gasteiger partial charge in [-0.15, -0.1) is 0 Å². The number of hydrogen-bond donors (Lipinski definition) is 1. The maximum Gasteiger partial charge on any atom is 0.251 e. The number of rotatable bonds is 7. The van der Waals surface area contributed by atoms with Crippen LogP contribution in [0.2, 0.25) is 0 Å². The minimum absolute atomic E-state index is 0.0443. The summed E-state index contributed by atoms with van der Waals surface area (Å²) in [6, 6.07) is 16.9. The molecule has 0 aromatic heterocycles. The molecule has 132 valence electrons.